The maximum atomic E-state index is 13.0. The number of benzene rings is 2. The van der Waals surface area contributed by atoms with E-state index in [1.54, 1.807) is 55.5 Å². The van der Waals surface area contributed by atoms with E-state index in [0.717, 1.165) is 10.6 Å². The van der Waals surface area contributed by atoms with Gasteiger partial charge in [0.1, 0.15) is 5.75 Å². The minimum Gasteiger partial charge on any atom is -0.481 e. The molecule has 158 valence electrons. The second-order valence-corrected chi connectivity index (χ2v) is 8.76. The number of sulfonamides is 1. The third kappa shape index (κ3) is 4.16. The van der Waals surface area contributed by atoms with Crippen LogP contribution in [0.2, 0.25) is 0 Å². The Balaban J connectivity index is 1.84. The van der Waals surface area contributed by atoms with Gasteiger partial charge in [0.05, 0.1) is 30.1 Å². The lowest BCUT2D eigenvalue weighted by Gasteiger charge is -2.18. The van der Waals surface area contributed by atoms with Gasteiger partial charge in [0.15, 0.2) is 6.10 Å². The van der Waals surface area contributed by atoms with E-state index in [9.17, 15) is 18.0 Å². The first kappa shape index (κ1) is 21.4. The van der Waals surface area contributed by atoms with Crippen LogP contribution >= 0.6 is 0 Å². The molecule has 0 aliphatic heterocycles. The van der Waals surface area contributed by atoms with Gasteiger partial charge in [0.2, 0.25) is 10.0 Å². The fraction of sp³-hybridized carbons (Fsp3) is 0.238. The van der Waals surface area contributed by atoms with Gasteiger partial charge in [-0.1, -0.05) is 18.2 Å². The summed E-state index contributed by atoms with van der Waals surface area (Å²) < 4.78 is 36.3. The van der Waals surface area contributed by atoms with Crippen molar-refractivity contribution in [2.75, 3.05) is 24.7 Å². The molecule has 0 aliphatic carbocycles. The molecular weight excluding hydrogens is 408 g/mol. The molecule has 9 heteroatoms. The van der Waals surface area contributed by atoms with Crippen LogP contribution in [0.3, 0.4) is 0 Å². The van der Waals surface area contributed by atoms with Crippen molar-refractivity contribution in [1.82, 2.24) is 4.57 Å². The molecule has 1 heterocycles. The van der Waals surface area contributed by atoms with E-state index >= 15 is 0 Å². The first-order chi connectivity index (χ1) is 14.1. The van der Waals surface area contributed by atoms with Crippen LogP contribution in [-0.2, 0) is 14.8 Å². The van der Waals surface area contributed by atoms with Gasteiger partial charge in [0.25, 0.3) is 5.91 Å². The first-order valence-corrected chi connectivity index (χ1v) is 10.9. The molecule has 8 nitrogen and oxygen atoms in total. The summed E-state index contributed by atoms with van der Waals surface area (Å²) in [6.07, 6.45) is 1.70. The van der Waals surface area contributed by atoms with Crippen molar-refractivity contribution in [1.29, 1.82) is 0 Å². The van der Waals surface area contributed by atoms with Crippen LogP contribution in [0.15, 0.2) is 54.7 Å². The number of para-hydroxylation sites is 1. The molecule has 0 fully saturated rings. The van der Waals surface area contributed by atoms with Gasteiger partial charge in [-0.05, 0) is 37.3 Å². The fourth-order valence-corrected chi connectivity index (χ4v) is 3.52. The summed E-state index contributed by atoms with van der Waals surface area (Å²) in [5.41, 5.74) is 1.34. The molecule has 0 radical (unpaired) electrons. The number of rotatable bonds is 6. The van der Waals surface area contributed by atoms with Crippen LogP contribution in [-0.4, -0.2) is 51.4 Å². The highest BCUT2D eigenvalue weighted by Gasteiger charge is 2.23. The number of aromatic nitrogens is 1. The van der Waals surface area contributed by atoms with Crippen LogP contribution < -0.4 is 9.04 Å². The van der Waals surface area contributed by atoms with E-state index in [1.165, 1.54) is 24.9 Å². The van der Waals surface area contributed by atoms with Crippen LogP contribution in [0, 0.1) is 0 Å². The van der Waals surface area contributed by atoms with Gasteiger partial charge in [-0.25, -0.2) is 13.2 Å². The van der Waals surface area contributed by atoms with Crippen molar-refractivity contribution >= 4 is 38.5 Å². The molecule has 0 saturated carbocycles. The second-order valence-electron chi connectivity index (χ2n) is 6.74. The Kier molecular flexibility index (Phi) is 5.84. The zero-order valence-electron chi connectivity index (χ0n) is 17.0. The Morgan fingerprint density at radius 1 is 1.07 bits per heavy atom. The summed E-state index contributed by atoms with van der Waals surface area (Å²) in [6.45, 7) is 1.60. The quantitative estimate of drug-likeness (QED) is 0.558. The van der Waals surface area contributed by atoms with Crippen LogP contribution in [0.25, 0.3) is 10.9 Å². The van der Waals surface area contributed by atoms with Gasteiger partial charge in [-0.2, -0.15) is 0 Å². The summed E-state index contributed by atoms with van der Waals surface area (Å²) in [6, 6.07) is 13.4. The second kappa shape index (κ2) is 8.19. The molecule has 0 bridgehead atoms. The van der Waals surface area contributed by atoms with Crippen molar-refractivity contribution in [3.05, 3.63) is 60.3 Å². The predicted molar refractivity (Wildman–Crippen MR) is 114 cm³/mol. The number of nitrogens with zero attached hydrogens (tertiary/aromatic N) is 2. The Morgan fingerprint density at radius 2 is 1.70 bits per heavy atom. The number of carbonyl (C=O) groups is 2. The summed E-state index contributed by atoms with van der Waals surface area (Å²) >= 11 is 0. The molecule has 30 heavy (non-hydrogen) atoms. The Bertz CT molecular complexity index is 1200. The molecule has 3 rings (SSSR count). The van der Waals surface area contributed by atoms with Gasteiger partial charge in [0, 0.05) is 18.6 Å². The van der Waals surface area contributed by atoms with Crippen molar-refractivity contribution in [3.63, 3.8) is 0 Å². The number of hydrogen-bond donors (Lipinski definition) is 0. The number of ether oxygens (including phenoxy) is 2. The van der Waals surface area contributed by atoms with Gasteiger partial charge >= 0.3 is 5.97 Å². The van der Waals surface area contributed by atoms with E-state index in [1.807, 2.05) is 0 Å². The summed E-state index contributed by atoms with van der Waals surface area (Å²) in [7, 11) is -0.635. The molecule has 3 aromatic rings. The first-order valence-electron chi connectivity index (χ1n) is 9.06. The smallest absolute Gasteiger partial charge is 0.340 e. The average molecular weight is 430 g/mol. The van der Waals surface area contributed by atoms with Crippen LogP contribution in [0.5, 0.6) is 5.75 Å². The standard InChI is InChI=1S/C21H22N2O6S/c1-14(29-16-11-9-15(10-12-16)22(2)30(4,26)27)20(24)23-13-18(21(25)28-3)17-7-5-6-8-19(17)23/h5-14H,1-4H3/t14-/m1/s1. The lowest BCUT2D eigenvalue weighted by Crippen LogP contribution is -2.29. The topological polar surface area (TPSA) is 94.9 Å². The van der Waals surface area contributed by atoms with Gasteiger partial charge in [-0.3, -0.25) is 13.7 Å². The number of fused-ring (bicyclic) bond motifs is 1. The Morgan fingerprint density at radius 3 is 2.30 bits per heavy atom. The molecule has 0 spiro atoms. The number of esters is 1. The Hall–Kier alpha value is -3.33. The zero-order chi connectivity index (χ0) is 22.1. The number of carbonyl (C=O) groups excluding carboxylic acids is 2. The third-order valence-corrected chi connectivity index (χ3v) is 5.92. The minimum absolute atomic E-state index is 0.293. The van der Waals surface area contributed by atoms with Crippen molar-refractivity contribution in [3.8, 4) is 5.75 Å². The molecule has 1 atom stereocenters. The number of methoxy groups -OCH3 is 1. The SMILES string of the molecule is COC(=O)c1cn(C(=O)[C@@H](C)Oc2ccc(N(C)S(C)(=O)=O)cc2)c2ccccc12. The lowest BCUT2D eigenvalue weighted by molar-refractivity contribution is 0.0602. The highest BCUT2D eigenvalue weighted by atomic mass is 32.2. The zero-order valence-corrected chi connectivity index (χ0v) is 17.8. The largest absolute Gasteiger partial charge is 0.481 e. The minimum atomic E-state index is -3.37. The molecule has 0 amide bonds. The molecule has 1 aromatic heterocycles. The van der Waals surface area contributed by atoms with E-state index < -0.39 is 22.1 Å². The van der Waals surface area contributed by atoms with E-state index in [2.05, 4.69) is 0 Å². The predicted octanol–water partition coefficient (Wildman–Crippen LogP) is 2.93. The maximum Gasteiger partial charge on any atom is 0.340 e. The average Bonchev–Trinajstić information content (AvgIpc) is 3.11. The van der Waals surface area contributed by atoms with Crippen molar-refractivity contribution in [2.45, 2.75) is 13.0 Å². The Labute approximate surface area is 174 Å². The maximum absolute atomic E-state index is 13.0. The third-order valence-electron chi connectivity index (χ3n) is 4.71. The highest BCUT2D eigenvalue weighted by molar-refractivity contribution is 7.92. The fourth-order valence-electron chi connectivity index (χ4n) is 3.01. The van der Waals surface area contributed by atoms with Gasteiger partial charge in [-0.15, -0.1) is 0 Å². The van der Waals surface area contributed by atoms with Crippen molar-refractivity contribution in [2.24, 2.45) is 0 Å². The number of hydrogen-bond acceptors (Lipinski definition) is 6. The molecule has 2 aromatic carbocycles. The molecule has 0 aliphatic rings. The van der Waals surface area contributed by atoms with Crippen LogP contribution in [0.1, 0.15) is 22.1 Å². The summed E-state index contributed by atoms with van der Waals surface area (Å²) in [5.74, 6) is -0.484. The monoisotopic (exact) mass is 430 g/mol. The van der Waals surface area contributed by atoms with Crippen LogP contribution in [0.4, 0.5) is 5.69 Å². The van der Waals surface area contributed by atoms with Crippen molar-refractivity contribution < 1.29 is 27.5 Å². The molecular formula is C21H22N2O6S. The lowest BCUT2D eigenvalue weighted by atomic mass is 10.2. The molecule has 0 unspecified atom stereocenters. The van der Waals surface area contributed by atoms with E-state index in [4.69, 9.17) is 9.47 Å². The summed E-state index contributed by atoms with van der Waals surface area (Å²) in [5, 5.41) is 0.609. The van der Waals surface area contributed by atoms with E-state index in [-0.39, 0.29) is 5.91 Å². The van der Waals surface area contributed by atoms with Gasteiger partial charge < -0.3 is 9.47 Å². The summed E-state index contributed by atoms with van der Waals surface area (Å²) in [4.78, 5) is 25.0. The normalized spacial score (nSPS) is 12.4. The highest BCUT2D eigenvalue weighted by Crippen LogP contribution is 2.24. The number of anilines is 1. The molecule has 0 N–H and O–H groups in total. The molecule has 0 saturated heterocycles. The van der Waals surface area contributed by atoms with E-state index in [0.29, 0.717) is 27.9 Å².